The second-order valence-corrected chi connectivity index (χ2v) is 9.22. The monoisotopic (exact) mass is 557 g/mol. The first kappa shape index (κ1) is 32.2. The van der Waals surface area contributed by atoms with Crippen LogP contribution in [-0.4, -0.2) is 98.5 Å². The highest BCUT2D eigenvalue weighted by Gasteiger charge is 2.31. The number of carbonyl (C=O) groups is 5. The van der Waals surface area contributed by atoms with Gasteiger partial charge in [0.15, 0.2) is 5.96 Å². The van der Waals surface area contributed by atoms with E-state index < -0.39 is 60.2 Å². The Hall–Kier alpha value is -3.86. The molecule has 0 aliphatic heterocycles. The zero-order valence-corrected chi connectivity index (χ0v) is 21.7. The smallest absolute Gasteiger partial charge is 0.326 e. The second kappa shape index (κ2) is 16.8. The largest absolute Gasteiger partial charge is 0.481 e. The van der Waals surface area contributed by atoms with Gasteiger partial charge in [0.05, 0.1) is 18.8 Å². The van der Waals surface area contributed by atoms with Crippen LogP contribution in [0.25, 0.3) is 0 Å². The Morgan fingerprint density at radius 3 is 2.21 bits per heavy atom. The lowest BCUT2D eigenvalue weighted by molar-refractivity contribution is -0.143. The minimum atomic E-state index is -1.63. The molecule has 0 saturated heterocycles. The molecule has 1 aromatic heterocycles. The van der Waals surface area contributed by atoms with Crippen molar-refractivity contribution < 1.29 is 34.2 Å². The minimum absolute atomic E-state index is 0.0442. The summed E-state index contributed by atoms with van der Waals surface area (Å²) in [6.45, 7) is 0.146. The van der Waals surface area contributed by atoms with Crippen LogP contribution in [0.2, 0.25) is 0 Å². The maximum absolute atomic E-state index is 13.1. The number of hydrogen-bond acceptors (Lipinski definition) is 9. The van der Waals surface area contributed by atoms with Crippen LogP contribution in [0.1, 0.15) is 31.4 Å². The van der Waals surface area contributed by atoms with E-state index in [1.165, 1.54) is 24.3 Å². The van der Waals surface area contributed by atoms with Crippen molar-refractivity contribution >= 4 is 47.4 Å². The zero-order valence-electron chi connectivity index (χ0n) is 20.9. The van der Waals surface area contributed by atoms with Crippen molar-refractivity contribution in [3.05, 3.63) is 18.2 Å². The van der Waals surface area contributed by atoms with Gasteiger partial charge in [-0.25, -0.2) is 9.78 Å². The van der Waals surface area contributed by atoms with Crippen molar-refractivity contribution in [3.8, 4) is 0 Å². The lowest BCUT2D eigenvalue weighted by atomic mass is 10.1. The van der Waals surface area contributed by atoms with Crippen LogP contribution in [0.4, 0.5) is 0 Å². The summed E-state index contributed by atoms with van der Waals surface area (Å²) in [6.07, 6.45) is 4.21. The fraction of sp³-hybridized carbons (Fsp3) is 0.571. The summed E-state index contributed by atoms with van der Waals surface area (Å²) < 4.78 is 0. The van der Waals surface area contributed by atoms with Gasteiger partial charge in [-0.3, -0.25) is 24.2 Å². The van der Waals surface area contributed by atoms with Crippen molar-refractivity contribution in [2.75, 3.05) is 18.6 Å². The summed E-state index contributed by atoms with van der Waals surface area (Å²) in [6, 6.07) is -5.15. The van der Waals surface area contributed by atoms with E-state index in [1.54, 1.807) is 0 Å². The van der Waals surface area contributed by atoms with Gasteiger partial charge in [-0.2, -0.15) is 11.8 Å². The third-order valence-electron chi connectivity index (χ3n) is 5.15. The molecule has 1 rings (SSSR count). The van der Waals surface area contributed by atoms with Crippen molar-refractivity contribution in [1.29, 1.82) is 0 Å². The van der Waals surface area contributed by atoms with Gasteiger partial charge < -0.3 is 48.3 Å². The fourth-order valence-corrected chi connectivity index (χ4v) is 3.66. The van der Waals surface area contributed by atoms with E-state index in [9.17, 15) is 34.2 Å². The number of nitrogens with two attached hydrogens (primary N) is 3. The lowest BCUT2D eigenvalue weighted by Crippen LogP contribution is -2.57. The number of hydrogen-bond donors (Lipinski definition) is 9. The van der Waals surface area contributed by atoms with Crippen LogP contribution in [0.15, 0.2) is 17.5 Å². The summed E-state index contributed by atoms with van der Waals surface area (Å²) in [7, 11) is 0. The van der Waals surface area contributed by atoms with E-state index in [-0.39, 0.29) is 31.8 Å². The van der Waals surface area contributed by atoms with Crippen LogP contribution in [0, 0.1) is 0 Å². The fourth-order valence-electron chi connectivity index (χ4n) is 3.17. The SMILES string of the molecule is CSCCC(N)C(=O)NC(CCCN=C(N)N)C(=O)NC(CC(=O)O)C(=O)NC(Cc1cnc[nH]1)C(=O)O. The number of carbonyl (C=O) groups excluding carboxylic acids is 3. The van der Waals surface area contributed by atoms with Crippen molar-refractivity contribution in [2.24, 2.45) is 22.2 Å². The summed E-state index contributed by atoms with van der Waals surface area (Å²) in [5, 5.41) is 25.8. The van der Waals surface area contributed by atoms with E-state index >= 15 is 0 Å². The molecule has 0 fully saturated rings. The summed E-state index contributed by atoms with van der Waals surface area (Å²) >= 11 is 1.49. The number of carboxylic acids is 2. The highest BCUT2D eigenvalue weighted by molar-refractivity contribution is 7.98. The molecular weight excluding hydrogens is 522 g/mol. The molecule has 0 spiro atoms. The quantitative estimate of drug-likeness (QED) is 0.0499. The maximum Gasteiger partial charge on any atom is 0.326 e. The molecule has 0 bridgehead atoms. The number of rotatable bonds is 18. The normalized spacial score (nSPS) is 13.8. The molecule has 17 heteroatoms. The van der Waals surface area contributed by atoms with E-state index in [4.69, 9.17) is 17.2 Å². The van der Waals surface area contributed by atoms with Crippen LogP contribution >= 0.6 is 11.8 Å². The van der Waals surface area contributed by atoms with Crippen LogP contribution < -0.4 is 33.2 Å². The highest BCUT2D eigenvalue weighted by atomic mass is 32.2. The number of carboxylic acid groups (broad SMARTS) is 2. The Labute approximate surface area is 223 Å². The van der Waals surface area contributed by atoms with E-state index in [1.807, 2.05) is 6.26 Å². The predicted molar refractivity (Wildman–Crippen MR) is 139 cm³/mol. The Kier molecular flexibility index (Phi) is 14.2. The third kappa shape index (κ3) is 12.4. The summed E-state index contributed by atoms with van der Waals surface area (Å²) in [4.78, 5) is 71.8. The Bertz CT molecular complexity index is 970. The number of aliphatic carboxylic acids is 2. The standard InChI is InChI=1S/C21H35N9O7S/c1-38-6-4-12(22)17(33)28-13(3-2-5-26-21(23)24)18(34)29-14(8-16(31)32)19(35)30-15(20(36)37)7-11-9-25-10-27-11/h9-10,12-15H,2-8,22H2,1H3,(H,25,27)(H,28,33)(H,29,34)(H,30,35)(H,31,32)(H,36,37)(H4,23,24,26). The average Bonchev–Trinajstić information content (AvgIpc) is 3.35. The van der Waals surface area contributed by atoms with Crippen LogP contribution in [0.5, 0.6) is 0 Å². The number of nitrogens with one attached hydrogen (secondary N) is 4. The number of guanidine groups is 1. The summed E-state index contributed by atoms with van der Waals surface area (Å²) in [5.41, 5.74) is 16.9. The highest BCUT2D eigenvalue weighted by Crippen LogP contribution is 2.06. The van der Waals surface area contributed by atoms with Gasteiger partial charge in [0, 0.05) is 24.9 Å². The second-order valence-electron chi connectivity index (χ2n) is 8.24. The number of aromatic nitrogens is 2. The molecule has 1 aromatic rings. The number of thioether (sulfide) groups is 1. The van der Waals surface area contributed by atoms with Gasteiger partial charge in [0.25, 0.3) is 0 Å². The molecule has 16 nitrogen and oxygen atoms in total. The van der Waals surface area contributed by atoms with Gasteiger partial charge in [-0.15, -0.1) is 0 Å². The van der Waals surface area contributed by atoms with Crippen LogP contribution in [0.3, 0.4) is 0 Å². The maximum atomic E-state index is 13.1. The first-order valence-electron chi connectivity index (χ1n) is 11.6. The van der Waals surface area contributed by atoms with Crippen LogP contribution in [-0.2, 0) is 30.4 Å². The number of aliphatic imine (C=N–C) groups is 1. The Morgan fingerprint density at radius 1 is 1.03 bits per heavy atom. The molecule has 0 aliphatic carbocycles. The number of aromatic amines is 1. The molecule has 4 atom stereocenters. The van der Waals surface area contributed by atoms with E-state index in [0.717, 1.165) is 0 Å². The first-order valence-corrected chi connectivity index (χ1v) is 13.0. The summed E-state index contributed by atoms with van der Waals surface area (Å²) in [5.74, 6) is -4.84. The van der Waals surface area contributed by atoms with E-state index in [2.05, 4.69) is 30.9 Å². The zero-order chi connectivity index (χ0) is 28.7. The van der Waals surface area contributed by atoms with Gasteiger partial charge in [0.1, 0.15) is 18.1 Å². The molecule has 38 heavy (non-hydrogen) atoms. The van der Waals surface area contributed by atoms with Gasteiger partial charge in [-0.1, -0.05) is 0 Å². The lowest BCUT2D eigenvalue weighted by Gasteiger charge is -2.24. The van der Waals surface area contributed by atoms with Crippen molar-refractivity contribution in [3.63, 3.8) is 0 Å². The number of nitrogens with zero attached hydrogens (tertiary/aromatic N) is 2. The number of H-pyrrole nitrogens is 1. The Morgan fingerprint density at radius 2 is 1.66 bits per heavy atom. The van der Waals surface area contributed by atoms with Gasteiger partial charge >= 0.3 is 11.9 Å². The minimum Gasteiger partial charge on any atom is -0.481 e. The van der Waals surface area contributed by atoms with Gasteiger partial charge in [0.2, 0.25) is 17.7 Å². The molecule has 3 amide bonds. The average molecular weight is 558 g/mol. The molecule has 12 N–H and O–H groups in total. The number of amides is 3. The van der Waals surface area contributed by atoms with E-state index in [0.29, 0.717) is 17.9 Å². The molecule has 0 aliphatic rings. The molecule has 0 aromatic carbocycles. The molecular formula is C21H35N9O7S. The molecule has 0 saturated carbocycles. The predicted octanol–water partition coefficient (Wildman–Crippen LogP) is -2.90. The topological polar surface area (TPSA) is 281 Å². The third-order valence-corrected chi connectivity index (χ3v) is 5.80. The molecule has 0 radical (unpaired) electrons. The Balaban J connectivity index is 3.00. The van der Waals surface area contributed by atoms with Crippen molar-refractivity contribution in [1.82, 2.24) is 25.9 Å². The number of imidazole rings is 1. The van der Waals surface area contributed by atoms with Crippen molar-refractivity contribution in [2.45, 2.75) is 56.3 Å². The molecule has 4 unspecified atom stereocenters. The van der Waals surface area contributed by atoms with Gasteiger partial charge in [-0.05, 0) is 31.3 Å². The molecule has 1 heterocycles. The molecule has 212 valence electrons. The first-order chi connectivity index (χ1) is 17.9.